The molecular weight excluding hydrogens is 164 g/mol. The molecule has 2 aliphatic rings. The van der Waals surface area contributed by atoms with Gasteiger partial charge in [-0.25, -0.2) is 0 Å². The molecule has 4 unspecified atom stereocenters. The normalized spacial score (nSPS) is 45.8. The van der Waals surface area contributed by atoms with Crippen LogP contribution in [-0.4, -0.2) is 49.2 Å². The minimum atomic E-state index is -0.588. The molecule has 2 heterocycles. The van der Waals surface area contributed by atoms with Crippen LogP contribution in [-0.2, 0) is 19.0 Å². The summed E-state index contributed by atoms with van der Waals surface area (Å²) in [5.74, 6) is 0. The van der Waals surface area contributed by atoms with E-state index in [0.717, 1.165) is 0 Å². The molecule has 2 aliphatic heterocycles. The van der Waals surface area contributed by atoms with E-state index in [9.17, 15) is 9.90 Å². The average molecular weight is 174 g/mol. The van der Waals surface area contributed by atoms with Crippen LogP contribution in [0.1, 0.15) is 0 Å². The molecule has 0 saturated carbocycles. The predicted octanol–water partition coefficient (Wildman–Crippen LogP) is -1.31. The van der Waals surface area contributed by atoms with Crippen molar-refractivity contribution in [2.24, 2.45) is 0 Å². The summed E-state index contributed by atoms with van der Waals surface area (Å²) in [6, 6.07) is 0. The minimum Gasteiger partial charge on any atom is -0.459 e. The van der Waals surface area contributed by atoms with Gasteiger partial charge in [-0.05, 0) is 0 Å². The minimum absolute atomic E-state index is 0.258. The van der Waals surface area contributed by atoms with Crippen LogP contribution in [0.2, 0.25) is 0 Å². The van der Waals surface area contributed by atoms with Gasteiger partial charge in [0.25, 0.3) is 6.47 Å². The third-order valence-corrected chi connectivity index (χ3v) is 2.21. The fourth-order valence-corrected chi connectivity index (χ4v) is 1.63. The first-order valence-corrected chi connectivity index (χ1v) is 3.83. The van der Waals surface area contributed by atoms with E-state index in [0.29, 0.717) is 13.1 Å². The first-order chi connectivity index (χ1) is 5.83. The van der Waals surface area contributed by atoms with Gasteiger partial charge >= 0.3 is 0 Å². The van der Waals surface area contributed by atoms with Crippen molar-refractivity contribution in [3.8, 4) is 0 Å². The number of rotatable bonds is 2. The molecule has 68 valence electrons. The van der Waals surface area contributed by atoms with Gasteiger partial charge in [-0.2, -0.15) is 0 Å². The molecule has 2 rings (SSSR count). The van der Waals surface area contributed by atoms with Gasteiger partial charge < -0.3 is 19.3 Å². The van der Waals surface area contributed by atoms with Crippen LogP contribution in [0.3, 0.4) is 0 Å². The fourth-order valence-electron chi connectivity index (χ4n) is 1.63. The molecule has 5 heteroatoms. The van der Waals surface area contributed by atoms with Gasteiger partial charge in [0, 0.05) is 0 Å². The average Bonchev–Trinajstić information content (AvgIpc) is 2.58. The van der Waals surface area contributed by atoms with Gasteiger partial charge in [0.1, 0.15) is 18.3 Å². The third kappa shape index (κ3) is 1.10. The third-order valence-electron chi connectivity index (χ3n) is 2.21. The molecule has 0 amide bonds. The van der Waals surface area contributed by atoms with Crippen molar-refractivity contribution in [3.05, 3.63) is 0 Å². The molecule has 0 aromatic heterocycles. The highest BCUT2D eigenvalue weighted by Crippen LogP contribution is 2.28. The van der Waals surface area contributed by atoms with Crippen molar-refractivity contribution < 1.29 is 24.1 Å². The molecule has 0 aromatic rings. The van der Waals surface area contributed by atoms with Crippen molar-refractivity contribution >= 4 is 6.47 Å². The summed E-state index contributed by atoms with van der Waals surface area (Å²) in [6.07, 6.45) is -1.56. The summed E-state index contributed by atoms with van der Waals surface area (Å²) in [4.78, 5) is 10.0. The van der Waals surface area contributed by atoms with E-state index < -0.39 is 6.10 Å². The summed E-state index contributed by atoms with van der Waals surface area (Å²) in [6.45, 7) is 0.948. The van der Waals surface area contributed by atoms with E-state index in [4.69, 9.17) is 14.2 Å². The Bertz CT molecular complexity index is 183. The predicted molar refractivity (Wildman–Crippen MR) is 36.4 cm³/mol. The van der Waals surface area contributed by atoms with Crippen molar-refractivity contribution in [1.29, 1.82) is 0 Å². The lowest BCUT2D eigenvalue weighted by Gasteiger charge is -2.12. The number of hydrogen-bond donors (Lipinski definition) is 1. The highest BCUT2D eigenvalue weighted by atomic mass is 16.6. The number of carbonyl (C=O) groups is 1. The van der Waals surface area contributed by atoms with Gasteiger partial charge in [0.2, 0.25) is 0 Å². The van der Waals surface area contributed by atoms with E-state index in [-0.39, 0.29) is 24.9 Å². The fraction of sp³-hybridized carbons (Fsp3) is 0.857. The first kappa shape index (κ1) is 7.97. The number of aliphatic hydroxyl groups excluding tert-OH is 1. The van der Waals surface area contributed by atoms with Crippen molar-refractivity contribution in [3.63, 3.8) is 0 Å². The first-order valence-electron chi connectivity index (χ1n) is 3.83. The van der Waals surface area contributed by atoms with E-state index in [1.807, 2.05) is 0 Å². The van der Waals surface area contributed by atoms with E-state index in [2.05, 4.69) is 0 Å². The summed E-state index contributed by atoms with van der Waals surface area (Å²) >= 11 is 0. The molecule has 4 atom stereocenters. The zero-order valence-electron chi connectivity index (χ0n) is 6.38. The topological polar surface area (TPSA) is 65.0 Å². The maximum absolute atomic E-state index is 10.0. The van der Waals surface area contributed by atoms with Gasteiger partial charge in [0.15, 0.2) is 6.10 Å². The largest absolute Gasteiger partial charge is 0.459 e. The molecule has 0 bridgehead atoms. The summed E-state index contributed by atoms with van der Waals surface area (Å²) in [7, 11) is 0. The van der Waals surface area contributed by atoms with E-state index >= 15 is 0 Å². The van der Waals surface area contributed by atoms with Crippen molar-refractivity contribution in [2.75, 3.05) is 13.2 Å². The van der Waals surface area contributed by atoms with Gasteiger partial charge in [0.05, 0.1) is 13.2 Å². The van der Waals surface area contributed by atoms with E-state index in [1.165, 1.54) is 0 Å². The number of hydrogen-bond acceptors (Lipinski definition) is 5. The SMILES string of the molecule is O=COC1COC2C(O)COC12. The zero-order chi connectivity index (χ0) is 8.55. The van der Waals surface area contributed by atoms with Gasteiger partial charge in [-0.15, -0.1) is 0 Å². The zero-order valence-corrected chi connectivity index (χ0v) is 6.38. The van der Waals surface area contributed by atoms with Crippen molar-refractivity contribution in [2.45, 2.75) is 24.4 Å². The van der Waals surface area contributed by atoms with Crippen LogP contribution >= 0.6 is 0 Å². The smallest absolute Gasteiger partial charge is 0.293 e. The molecule has 1 N–H and O–H groups in total. The lowest BCUT2D eigenvalue weighted by atomic mass is 10.1. The van der Waals surface area contributed by atoms with Gasteiger partial charge in [-0.1, -0.05) is 0 Å². The maximum atomic E-state index is 10.0. The number of aliphatic hydroxyl groups is 1. The maximum Gasteiger partial charge on any atom is 0.293 e. The molecular formula is C7H10O5. The lowest BCUT2D eigenvalue weighted by Crippen LogP contribution is -2.32. The Morgan fingerprint density at radius 3 is 2.83 bits per heavy atom. The molecule has 12 heavy (non-hydrogen) atoms. The molecule has 0 aliphatic carbocycles. The second-order valence-electron chi connectivity index (χ2n) is 2.93. The Hall–Kier alpha value is -0.650. The molecule has 0 spiro atoms. The second kappa shape index (κ2) is 3.01. The van der Waals surface area contributed by atoms with Crippen LogP contribution in [0.25, 0.3) is 0 Å². The molecule has 5 nitrogen and oxygen atoms in total. The van der Waals surface area contributed by atoms with Crippen LogP contribution < -0.4 is 0 Å². The quantitative estimate of drug-likeness (QED) is 0.526. The monoisotopic (exact) mass is 174 g/mol. The Morgan fingerprint density at radius 1 is 1.33 bits per heavy atom. The highest BCUT2D eigenvalue weighted by molar-refractivity contribution is 5.37. The number of carbonyl (C=O) groups excluding carboxylic acids is 1. The lowest BCUT2D eigenvalue weighted by molar-refractivity contribution is -0.138. The van der Waals surface area contributed by atoms with Crippen molar-refractivity contribution in [1.82, 2.24) is 0 Å². The van der Waals surface area contributed by atoms with Crippen LogP contribution in [0.15, 0.2) is 0 Å². The molecule has 0 radical (unpaired) electrons. The summed E-state index contributed by atoms with van der Waals surface area (Å²) < 4.78 is 15.1. The van der Waals surface area contributed by atoms with Crippen LogP contribution in [0.4, 0.5) is 0 Å². The molecule has 2 fully saturated rings. The Morgan fingerprint density at radius 2 is 2.08 bits per heavy atom. The summed E-state index contributed by atoms with van der Waals surface area (Å²) in [5.41, 5.74) is 0. The Labute approximate surface area is 69.2 Å². The Kier molecular flexibility index (Phi) is 2.00. The van der Waals surface area contributed by atoms with Crippen LogP contribution in [0.5, 0.6) is 0 Å². The summed E-state index contributed by atoms with van der Waals surface area (Å²) in [5, 5.41) is 9.29. The molecule has 2 saturated heterocycles. The number of ether oxygens (including phenoxy) is 3. The molecule has 0 aromatic carbocycles. The standard InChI is InChI=1S/C7H10O5/c8-3-12-5-2-11-6-4(9)1-10-7(5)6/h3-7,9H,1-2H2. The van der Waals surface area contributed by atoms with Gasteiger partial charge in [-0.3, -0.25) is 4.79 Å². The Balaban J connectivity index is 2.00. The second-order valence-corrected chi connectivity index (χ2v) is 2.93. The number of fused-ring (bicyclic) bond motifs is 1. The van der Waals surface area contributed by atoms with E-state index in [1.54, 1.807) is 0 Å². The highest BCUT2D eigenvalue weighted by Gasteiger charge is 2.48. The van der Waals surface area contributed by atoms with Crippen LogP contribution in [0, 0.1) is 0 Å².